The summed E-state index contributed by atoms with van der Waals surface area (Å²) in [5.41, 5.74) is 0.945. The highest BCUT2D eigenvalue weighted by molar-refractivity contribution is 6.03. The van der Waals surface area contributed by atoms with E-state index in [9.17, 15) is 9.59 Å². The van der Waals surface area contributed by atoms with E-state index in [0.717, 1.165) is 32.1 Å². The van der Waals surface area contributed by atoms with E-state index >= 15 is 0 Å². The molecule has 1 unspecified atom stereocenters. The Balaban J connectivity index is 1.89. The predicted octanol–water partition coefficient (Wildman–Crippen LogP) is 4.21. The Bertz CT molecular complexity index is 718. The number of methoxy groups -OCH3 is 1. The lowest BCUT2D eigenvalue weighted by molar-refractivity contribution is -0.123. The van der Waals surface area contributed by atoms with Crippen molar-refractivity contribution in [1.82, 2.24) is 0 Å². The minimum atomic E-state index is -0.469. The van der Waals surface area contributed by atoms with E-state index in [-0.39, 0.29) is 24.0 Å². The van der Waals surface area contributed by atoms with Crippen LogP contribution >= 0.6 is 0 Å². The molecule has 0 radical (unpaired) electrons. The zero-order valence-electron chi connectivity index (χ0n) is 18.0. The summed E-state index contributed by atoms with van der Waals surface area (Å²) in [6.07, 6.45) is 4.76. The molecule has 0 spiro atoms. The zero-order chi connectivity index (χ0) is 21.0. The minimum absolute atomic E-state index is 0.00524. The minimum Gasteiger partial charge on any atom is -0.488 e. The second-order valence-electron chi connectivity index (χ2n) is 8.53. The average Bonchev–Trinajstić information content (AvgIpc) is 3.21. The van der Waals surface area contributed by atoms with Crippen molar-refractivity contribution in [2.24, 2.45) is 11.8 Å². The van der Waals surface area contributed by atoms with Gasteiger partial charge in [-0.05, 0) is 63.6 Å². The maximum atomic E-state index is 13.4. The fourth-order valence-electron chi connectivity index (χ4n) is 4.23. The molecule has 1 amide bonds. The lowest BCUT2D eigenvalue weighted by atomic mass is 9.82. The Morgan fingerprint density at radius 2 is 1.86 bits per heavy atom. The molecule has 1 saturated carbocycles. The van der Waals surface area contributed by atoms with E-state index in [1.807, 2.05) is 19.9 Å². The van der Waals surface area contributed by atoms with E-state index in [4.69, 9.17) is 14.2 Å². The molecular formula is C23H33NO5. The van der Waals surface area contributed by atoms with Crippen molar-refractivity contribution in [3.05, 3.63) is 23.8 Å². The number of anilines is 1. The molecule has 1 aromatic rings. The highest BCUT2D eigenvalue weighted by Crippen LogP contribution is 2.34. The fraction of sp³-hybridized carbons (Fsp3) is 0.652. The van der Waals surface area contributed by atoms with E-state index in [1.54, 1.807) is 17.0 Å². The van der Waals surface area contributed by atoms with Crippen LogP contribution in [0.4, 0.5) is 5.69 Å². The fourth-order valence-corrected chi connectivity index (χ4v) is 4.23. The van der Waals surface area contributed by atoms with Gasteiger partial charge in [0.05, 0.1) is 31.6 Å². The van der Waals surface area contributed by atoms with Crippen LogP contribution in [0.1, 0.15) is 63.2 Å². The first-order chi connectivity index (χ1) is 13.9. The number of rotatable bonds is 6. The number of amides is 1. The molecule has 6 heteroatoms. The summed E-state index contributed by atoms with van der Waals surface area (Å²) in [5, 5.41) is 0. The van der Waals surface area contributed by atoms with Crippen molar-refractivity contribution in [3.8, 4) is 5.75 Å². The van der Waals surface area contributed by atoms with Gasteiger partial charge in [0, 0.05) is 18.4 Å². The van der Waals surface area contributed by atoms with Crippen molar-refractivity contribution in [1.29, 1.82) is 0 Å². The van der Waals surface area contributed by atoms with Gasteiger partial charge >= 0.3 is 5.97 Å². The van der Waals surface area contributed by atoms with Gasteiger partial charge in [0.25, 0.3) is 0 Å². The molecule has 2 fully saturated rings. The summed E-state index contributed by atoms with van der Waals surface area (Å²) in [5.74, 6) is 0.893. The van der Waals surface area contributed by atoms with Crippen LogP contribution in [-0.4, -0.2) is 44.3 Å². The van der Waals surface area contributed by atoms with Gasteiger partial charge in [0.2, 0.25) is 5.91 Å². The van der Waals surface area contributed by atoms with Gasteiger partial charge in [-0.15, -0.1) is 0 Å². The van der Waals surface area contributed by atoms with Crippen molar-refractivity contribution in [2.75, 3.05) is 25.2 Å². The van der Waals surface area contributed by atoms with Gasteiger partial charge in [0.1, 0.15) is 11.9 Å². The summed E-state index contributed by atoms with van der Waals surface area (Å²) in [4.78, 5) is 27.7. The molecule has 6 nitrogen and oxygen atoms in total. The quantitative estimate of drug-likeness (QED) is 0.666. The van der Waals surface area contributed by atoms with Crippen LogP contribution in [0.2, 0.25) is 0 Å². The average molecular weight is 404 g/mol. The summed E-state index contributed by atoms with van der Waals surface area (Å²) in [6, 6.07) is 5.25. The van der Waals surface area contributed by atoms with Gasteiger partial charge in [-0.25, -0.2) is 4.79 Å². The summed E-state index contributed by atoms with van der Waals surface area (Å²) >= 11 is 0. The number of carbonyl (C=O) groups excluding carboxylic acids is 2. The lowest BCUT2D eigenvalue weighted by Crippen LogP contribution is -2.43. The summed E-state index contributed by atoms with van der Waals surface area (Å²) in [6.45, 7) is 7.42. The van der Waals surface area contributed by atoms with Crippen LogP contribution in [0, 0.1) is 11.8 Å². The first kappa shape index (κ1) is 21.6. The zero-order valence-corrected chi connectivity index (χ0v) is 18.0. The Labute approximate surface area is 173 Å². The molecule has 0 N–H and O–H groups in total. The highest BCUT2D eigenvalue weighted by Gasteiger charge is 2.32. The number of hydrogen-bond donors (Lipinski definition) is 0. The van der Waals surface area contributed by atoms with Crippen molar-refractivity contribution >= 4 is 17.6 Å². The summed E-state index contributed by atoms with van der Waals surface area (Å²) in [7, 11) is 1.36. The molecule has 0 bridgehead atoms. The Hall–Kier alpha value is -2.08. The SMILES string of the molecule is COC(=O)c1cc(OC2CCOC2)ccc1N(C(=O)C1CCC(C)CC1)C(C)C. The lowest BCUT2D eigenvalue weighted by Gasteiger charge is -2.34. The van der Waals surface area contributed by atoms with Gasteiger partial charge in [-0.2, -0.15) is 0 Å². The Morgan fingerprint density at radius 3 is 2.45 bits per heavy atom. The topological polar surface area (TPSA) is 65.1 Å². The van der Waals surface area contributed by atoms with Gasteiger partial charge in [-0.1, -0.05) is 6.92 Å². The summed E-state index contributed by atoms with van der Waals surface area (Å²) < 4.78 is 16.3. The van der Waals surface area contributed by atoms with Gasteiger partial charge in [-0.3, -0.25) is 4.79 Å². The number of ether oxygens (including phenoxy) is 3. The molecule has 29 heavy (non-hydrogen) atoms. The maximum absolute atomic E-state index is 13.4. The molecule has 1 aliphatic carbocycles. The number of hydrogen-bond acceptors (Lipinski definition) is 5. The van der Waals surface area contributed by atoms with Crippen LogP contribution in [-0.2, 0) is 14.3 Å². The maximum Gasteiger partial charge on any atom is 0.340 e. The van der Waals surface area contributed by atoms with E-state index in [2.05, 4.69) is 6.92 Å². The van der Waals surface area contributed by atoms with E-state index in [0.29, 0.717) is 36.1 Å². The molecule has 1 atom stereocenters. The predicted molar refractivity (Wildman–Crippen MR) is 111 cm³/mol. The Kier molecular flexibility index (Phi) is 7.17. The van der Waals surface area contributed by atoms with Crippen LogP contribution in [0.25, 0.3) is 0 Å². The number of carbonyl (C=O) groups is 2. The van der Waals surface area contributed by atoms with Crippen molar-refractivity contribution in [2.45, 2.75) is 65.0 Å². The first-order valence-electron chi connectivity index (χ1n) is 10.7. The molecule has 1 aliphatic heterocycles. The number of esters is 1. The van der Waals surface area contributed by atoms with Crippen LogP contribution in [0.5, 0.6) is 5.75 Å². The van der Waals surface area contributed by atoms with Gasteiger partial charge in [0.15, 0.2) is 0 Å². The molecule has 1 aromatic carbocycles. The molecular weight excluding hydrogens is 370 g/mol. The third-order valence-electron chi connectivity index (χ3n) is 5.94. The van der Waals surface area contributed by atoms with Crippen LogP contribution in [0.15, 0.2) is 18.2 Å². The molecule has 160 valence electrons. The van der Waals surface area contributed by atoms with Crippen molar-refractivity contribution in [3.63, 3.8) is 0 Å². The molecule has 1 heterocycles. The second-order valence-corrected chi connectivity index (χ2v) is 8.53. The Morgan fingerprint density at radius 1 is 1.14 bits per heavy atom. The molecule has 3 rings (SSSR count). The second kappa shape index (κ2) is 9.61. The van der Waals surface area contributed by atoms with E-state index < -0.39 is 5.97 Å². The highest BCUT2D eigenvalue weighted by atomic mass is 16.5. The third-order valence-corrected chi connectivity index (χ3v) is 5.94. The van der Waals surface area contributed by atoms with Crippen LogP contribution in [0.3, 0.4) is 0 Å². The molecule has 1 saturated heterocycles. The third kappa shape index (κ3) is 5.10. The molecule has 0 aromatic heterocycles. The van der Waals surface area contributed by atoms with E-state index in [1.165, 1.54) is 7.11 Å². The van der Waals surface area contributed by atoms with Crippen LogP contribution < -0.4 is 9.64 Å². The first-order valence-corrected chi connectivity index (χ1v) is 10.7. The van der Waals surface area contributed by atoms with Crippen molar-refractivity contribution < 1.29 is 23.8 Å². The largest absolute Gasteiger partial charge is 0.488 e. The smallest absolute Gasteiger partial charge is 0.340 e. The standard InChI is InChI=1S/C23H33NO5/c1-15(2)24(22(25)17-7-5-16(3)6-8-17)21-10-9-18(13-20(21)23(26)27-4)29-19-11-12-28-14-19/h9-10,13,15-17,19H,5-8,11-12,14H2,1-4H3. The number of benzene rings is 1. The number of nitrogens with zero attached hydrogens (tertiary/aromatic N) is 1. The van der Waals surface area contributed by atoms with Gasteiger partial charge < -0.3 is 19.1 Å². The normalized spacial score (nSPS) is 24.4. The molecule has 2 aliphatic rings. The monoisotopic (exact) mass is 403 g/mol.